The van der Waals surface area contributed by atoms with Gasteiger partial charge in [-0.2, -0.15) is 10.2 Å². The third-order valence-electron chi connectivity index (χ3n) is 1.52. The van der Waals surface area contributed by atoms with Crippen molar-refractivity contribution in [3.8, 4) is 0 Å². The minimum atomic E-state index is 0.965. The summed E-state index contributed by atoms with van der Waals surface area (Å²) in [6.45, 7) is 3.03. The van der Waals surface area contributed by atoms with Gasteiger partial charge in [-0.25, -0.2) is 0 Å². The van der Waals surface area contributed by atoms with Crippen LogP contribution >= 0.6 is 0 Å². The number of aromatic nitrogens is 4. The van der Waals surface area contributed by atoms with Crippen LogP contribution in [0.25, 0.3) is 0 Å². The molecule has 0 aliphatic heterocycles. The van der Waals surface area contributed by atoms with Crippen molar-refractivity contribution in [2.75, 3.05) is 0 Å². The molecule has 2 aromatic rings. The molecule has 4 heteroatoms. The first-order chi connectivity index (χ1) is 6.33. The van der Waals surface area contributed by atoms with E-state index in [9.17, 15) is 0 Å². The van der Waals surface area contributed by atoms with E-state index in [0.29, 0.717) is 0 Å². The molecule has 0 aliphatic rings. The zero-order valence-electron chi connectivity index (χ0n) is 7.96. The van der Waals surface area contributed by atoms with Gasteiger partial charge in [0.25, 0.3) is 0 Å². The maximum Gasteiger partial charge on any atom is 0.0489 e. The lowest BCUT2D eigenvalue weighted by Gasteiger charge is -1.87. The maximum absolute atomic E-state index is 3.95. The van der Waals surface area contributed by atoms with E-state index in [1.54, 1.807) is 17.1 Å². The SMILES string of the molecule is CCn1cccn1.Cn1cccn1. The molecule has 2 heterocycles. The summed E-state index contributed by atoms with van der Waals surface area (Å²) in [5.41, 5.74) is 0. The van der Waals surface area contributed by atoms with Crippen LogP contribution in [-0.2, 0) is 13.6 Å². The molecule has 0 N–H and O–H groups in total. The molecule has 4 nitrogen and oxygen atoms in total. The summed E-state index contributed by atoms with van der Waals surface area (Å²) in [6.07, 6.45) is 7.36. The standard InChI is InChI=1S/C5H8N2.C4H6N2/c1-2-7-5-3-4-6-7;1-6-4-2-3-5-6/h3-5H,2H2,1H3;2-4H,1H3. The largest absolute Gasteiger partial charge is 0.276 e. The van der Waals surface area contributed by atoms with E-state index >= 15 is 0 Å². The molecule has 0 amide bonds. The van der Waals surface area contributed by atoms with Crippen LogP contribution in [0.5, 0.6) is 0 Å². The molecule has 13 heavy (non-hydrogen) atoms. The van der Waals surface area contributed by atoms with Gasteiger partial charge < -0.3 is 0 Å². The van der Waals surface area contributed by atoms with Crippen LogP contribution in [0.2, 0.25) is 0 Å². The third kappa shape index (κ3) is 3.55. The summed E-state index contributed by atoms with van der Waals surface area (Å²) in [5.74, 6) is 0. The highest BCUT2D eigenvalue weighted by atomic mass is 15.3. The minimum Gasteiger partial charge on any atom is -0.276 e. The van der Waals surface area contributed by atoms with E-state index in [1.165, 1.54) is 0 Å². The molecule has 0 unspecified atom stereocenters. The molecule has 0 aliphatic carbocycles. The Kier molecular flexibility index (Phi) is 3.75. The van der Waals surface area contributed by atoms with Crippen molar-refractivity contribution >= 4 is 0 Å². The first kappa shape index (κ1) is 9.51. The highest BCUT2D eigenvalue weighted by molar-refractivity contribution is 4.76. The summed E-state index contributed by atoms with van der Waals surface area (Å²) >= 11 is 0. The fraction of sp³-hybridized carbons (Fsp3) is 0.333. The molecule has 0 radical (unpaired) electrons. The van der Waals surface area contributed by atoms with Gasteiger partial charge in [0, 0.05) is 38.4 Å². The number of hydrogen-bond acceptors (Lipinski definition) is 2. The Morgan fingerprint density at radius 1 is 1.08 bits per heavy atom. The first-order valence-corrected chi connectivity index (χ1v) is 4.24. The maximum atomic E-state index is 3.95. The van der Waals surface area contributed by atoms with Gasteiger partial charge in [0.1, 0.15) is 0 Å². The van der Waals surface area contributed by atoms with E-state index in [1.807, 2.05) is 36.3 Å². The molecule has 0 atom stereocenters. The number of aryl methyl sites for hydroxylation is 2. The lowest BCUT2D eigenvalue weighted by molar-refractivity contribution is 0.660. The zero-order chi connectivity index (χ0) is 9.52. The quantitative estimate of drug-likeness (QED) is 0.660. The van der Waals surface area contributed by atoms with Crippen molar-refractivity contribution in [2.45, 2.75) is 13.5 Å². The Balaban J connectivity index is 0.000000132. The van der Waals surface area contributed by atoms with Crippen LogP contribution in [0, 0.1) is 0 Å². The van der Waals surface area contributed by atoms with Crippen LogP contribution in [0.1, 0.15) is 6.92 Å². The molecular weight excluding hydrogens is 164 g/mol. The summed E-state index contributed by atoms with van der Waals surface area (Å²) in [5, 5.41) is 7.78. The van der Waals surface area contributed by atoms with E-state index < -0.39 is 0 Å². The molecule has 0 saturated heterocycles. The Labute approximate surface area is 77.8 Å². The van der Waals surface area contributed by atoms with Gasteiger partial charge in [0.15, 0.2) is 0 Å². The van der Waals surface area contributed by atoms with Crippen molar-refractivity contribution in [1.82, 2.24) is 19.6 Å². The highest BCUT2D eigenvalue weighted by Crippen LogP contribution is 1.80. The van der Waals surface area contributed by atoms with Gasteiger partial charge in [-0.1, -0.05) is 0 Å². The molecule has 0 saturated carbocycles. The summed E-state index contributed by atoms with van der Waals surface area (Å²) < 4.78 is 3.62. The van der Waals surface area contributed by atoms with Gasteiger partial charge in [-0.15, -0.1) is 0 Å². The summed E-state index contributed by atoms with van der Waals surface area (Å²) in [7, 11) is 1.89. The molecule has 0 spiro atoms. The topological polar surface area (TPSA) is 35.6 Å². The minimum absolute atomic E-state index is 0.965. The average molecular weight is 178 g/mol. The van der Waals surface area contributed by atoms with Gasteiger partial charge in [-0.05, 0) is 19.1 Å². The fourth-order valence-corrected chi connectivity index (χ4v) is 0.833. The van der Waals surface area contributed by atoms with Crippen LogP contribution in [-0.4, -0.2) is 19.6 Å². The number of rotatable bonds is 1. The van der Waals surface area contributed by atoms with E-state index in [-0.39, 0.29) is 0 Å². The molecule has 0 aromatic carbocycles. The molecule has 2 rings (SSSR count). The van der Waals surface area contributed by atoms with Crippen molar-refractivity contribution in [1.29, 1.82) is 0 Å². The molecule has 0 bridgehead atoms. The summed E-state index contributed by atoms with van der Waals surface area (Å²) in [6, 6.07) is 3.81. The van der Waals surface area contributed by atoms with Gasteiger partial charge >= 0.3 is 0 Å². The monoisotopic (exact) mass is 178 g/mol. The molecule has 2 aromatic heterocycles. The molecule has 70 valence electrons. The molecule has 0 fully saturated rings. The van der Waals surface area contributed by atoms with Crippen molar-refractivity contribution in [2.24, 2.45) is 7.05 Å². The lowest BCUT2D eigenvalue weighted by atomic mass is 10.7. The Bertz CT molecular complexity index is 296. The predicted octanol–water partition coefficient (Wildman–Crippen LogP) is 1.32. The van der Waals surface area contributed by atoms with Gasteiger partial charge in [-0.3, -0.25) is 9.36 Å². The second kappa shape index (κ2) is 5.13. The Morgan fingerprint density at radius 3 is 2.00 bits per heavy atom. The van der Waals surface area contributed by atoms with Crippen LogP contribution in [0.15, 0.2) is 36.9 Å². The zero-order valence-corrected chi connectivity index (χ0v) is 7.96. The first-order valence-electron chi connectivity index (χ1n) is 4.24. The smallest absolute Gasteiger partial charge is 0.0489 e. The van der Waals surface area contributed by atoms with Crippen LogP contribution < -0.4 is 0 Å². The van der Waals surface area contributed by atoms with Crippen LogP contribution in [0.4, 0.5) is 0 Å². The summed E-state index contributed by atoms with van der Waals surface area (Å²) in [4.78, 5) is 0. The Hall–Kier alpha value is -1.58. The lowest BCUT2D eigenvalue weighted by Crippen LogP contribution is -1.91. The van der Waals surface area contributed by atoms with E-state index in [2.05, 4.69) is 17.1 Å². The van der Waals surface area contributed by atoms with Crippen molar-refractivity contribution in [3.05, 3.63) is 36.9 Å². The second-order valence-electron chi connectivity index (χ2n) is 2.54. The van der Waals surface area contributed by atoms with E-state index in [4.69, 9.17) is 0 Å². The average Bonchev–Trinajstić information content (AvgIpc) is 2.76. The Morgan fingerprint density at radius 2 is 1.77 bits per heavy atom. The molecular formula is C9H14N4. The van der Waals surface area contributed by atoms with E-state index in [0.717, 1.165) is 6.54 Å². The number of nitrogens with zero attached hydrogens (tertiary/aromatic N) is 4. The predicted molar refractivity (Wildman–Crippen MR) is 51.1 cm³/mol. The second-order valence-corrected chi connectivity index (χ2v) is 2.54. The number of hydrogen-bond donors (Lipinski definition) is 0. The van der Waals surface area contributed by atoms with Crippen LogP contribution in [0.3, 0.4) is 0 Å². The third-order valence-corrected chi connectivity index (χ3v) is 1.52. The van der Waals surface area contributed by atoms with Crippen molar-refractivity contribution in [3.63, 3.8) is 0 Å². The highest BCUT2D eigenvalue weighted by Gasteiger charge is 1.77. The van der Waals surface area contributed by atoms with Gasteiger partial charge in [0.2, 0.25) is 0 Å². The normalized spacial score (nSPS) is 9.08. The van der Waals surface area contributed by atoms with Crippen molar-refractivity contribution < 1.29 is 0 Å². The van der Waals surface area contributed by atoms with Gasteiger partial charge in [0.05, 0.1) is 0 Å². The fourth-order valence-electron chi connectivity index (χ4n) is 0.833.